The number of amides is 1. The summed E-state index contributed by atoms with van der Waals surface area (Å²) in [5.41, 5.74) is 0.862. The van der Waals surface area contributed by atoms with Crippen molar-refractivity contribution in [3.8, 4) is 17.3 Å². The quantitative estimate of drug-likeness (QED) is 0.168. The summed E-state index contributed by atoms with van der Waals surface area (Å²) in [5.74, 6) is -0.598. The van der Waals surface area contributed by atoms with Crippen LogP contribution in [0.4, 0.5) is 10.2 Å². The van der Waals surface area contributed by atoms with Gasteiger partial charge in [-0.15, -0.1) is 0 Å². The predicted molar refractivity (Wildman–Crippen MR) is 179 cm³/mol. The largest absolute Gasteiger partial charge is 0.463 e. The molecular weight excluding hydrogens is 621 g/mol. The summed E-state index contributed by atoms with van der Waals surface area (Å²) >= 11 is 6.62. The Bertz CT molecular complexity index is 1830. The monoisotopic (exact) mass is 659 g/mol. The molecule has 3 saturated heterocycles. The van der Waals surface area contributed by atoms with E-state index >= 15 is 4.39 Å². The van der Waals surface area contributed by atoms with Crippen molar-refractivity contribution in [1.82, 2.24) is 19.9 Å². The lowest BCUT2D eigenvalue weighted by Crippen LogP contribution is -2.62. The predicted octanol–water partition coefficient (Wildman–Crippen LogP) is 6.97. The third-order valence-electron chi connectivity index (χ3n) is 9.94. The molecule has 2 aromatic carbocycles. The number of fused-ring (bicyclic) bond motifs is 4. The molecule has 2 aromatic heterocycles. The first kappa shape index (κ1) is 31.5. The summed E-state index contributed by atoms with van der Waals surface area (Å²) in [5, 5.41) is 2.59. The van der Waals surface area contributed by atoms with Crippen molar-refractivity contribution < 1.29 is 23.5 Å². The standard InChI is InChI=1S/C36H39ClFN5O4/c1-4-8-21(9-5-2)19-46-36-40-31-26(16-39-30(29(31)38)25-12-6-10-22-11-7-13-27(37)28(22)25)33(41-36)42-17-23-14-15-24(18-42)43(23)34(44)32-20(3)35(45)47-32/h6-7,10-13,16,20-21,23-24,32H,4-5,8-9,14-15,17-19H2,1-3H3/t20-,23-,24+,32+/m0/s1. The number of pyridine rings is 1. The van der Waals surface area contributed by atoms with Crippen molar-refractivity contribution in [3.63, 3.8) is 0 Å². The Morgan fingerprint density at radius 3 is 2.45 bits per heavy atom. The average Bonchev–Trinajstić information content (AvgIpc) is 3.34. The van der Waals surface area contributed by atoms with Gasteiger partial charge < -0.3 is 19.3 Å². The van der Waals surface area contributed by atoms with Gasteiger partial charge in [-0.2, -0.15) is 9.97 Å². The van der Waals surface area contributed by atoms with Gasteiger partial charge in [0.25, 0.3) is 5.91 Å². The highest BCUT2D eigenvalue weighted by molar-refractivity contribution is 6.36. The molecule has 9 nitrogen and oxygen atoms in total. The van der Waals surface area contributed by atoms with Crippen molar-refractivity contribution in [1.29, 1.82) is 0 Å². The van der Waals surface area contributed by atoms with Crippen LogP contribution in [-0.4, -0.2) is 69.6 Å². The fourth-order valence-corrected chi connectivity index (χ4v) is 7.84. The lowest BCUT2D eigenvalue weighted by molar-refractivity contribution is -0.192. The molecule has 7 rings (SSSR count). The molecule has 3 fully saturated rings. The zero-order valence-corrected chi connectivity index (χ0v) is 27.7. The zero-order chi connectivity index (χ0) is 32.8. The Balaban J connectivity index is 1.28. The second-order valence-corrected chi connectivity index (χ2v) is 13.5. The first-order valence-corrected chi connectivity index (χ1v) is 17.1. The smallest absolute Gasteiger partial charge is 0.319 e. The van der Waals surface area contributed by atoms with Crippen LogP contribution in [0.15, 0.2) is 42.6 Å². The van der Waals surface area contributed by atoms with Crippen LogP contribution < -0.4 is 9.64 Å². The first-order chi connectivity index (χ1) is 22.8. The van der Waals surface area contributed by atoms with Crippen LogP contribution in [0.5, 0.6) is 6.01 Å². The van der Waals surface area contributed by atoms with Gasteiger partial charge >= 0.3 is 12.0 Å². The third kappa shape index (κ3) is 5.64. The van der Waals surface area contributed by atoms with E-state index in [9.17, 15) is 9.59 Å². The fraction of sp³-hybridized carbons (Fsp3) is 0.472. The SMILES string of the molecule is CCCC(CCC)COc1nc(N2C[C@H]3CC[C@@H](C2)N3C(=O)[C@@H]2OC(=O)[C@H]2C)c2cnc(-c3cccc4cccc(Cl)c34)c(F)c2n1. The van der Waals surface area contributed by atoms with Gasteiger partial charge in [0, 0.05) is 47.3 Å². The van der Waals surface area contributed by atoms with Crippen molar-refractivity contribution in [2.45, 2.75) is 77.5 Å². The van der Waals surface area contributed by atoms with Crippen LogP contribution in [0, 0.1) is 17.7 Å². The normalized spacial score (nSPS) is 22.2. The zero-order valence-electron chi connectivity index (χ0n) is 26.9. The van der Waals surface area contributed by atoms with Crippen LogP contribution in [0.1, 0.15) is 59.3 Å². The van der Waals surface area contributed by atoms with E-state index in [0.717, 1.165) is 49.3 Å². The summed E-state index contributed by atoms with van der Waals surface area (Å²) in [6.45, 7) is 7.49. The maximum absolute atomic E-state index is 16.8. The van der Waals surface area contributed by atoms with Crippen molar-refractivity contribution in [3.05, 3.63) is 53.4 Å². The number of piperazine rings is 1. The van der Waals surface area contributed by atoms with E-state index in [2.05, 4.69) is 28.7 Å². The molecule has 0 radical (unpaired) electrons. The minimum atomic E-state index is -0.726. The number of carbonyl (C=O) groups is 2. The van der Waals surface area contributed by atoms with Crippen molar-refractivity contribution >= 4 is 51.0 Å². The van der Waals surface area contributed by atoms with Crippen LogP contribution in [0.25, 0.3) is 32.9 Å². The number of nitrogens with zero attached hydrogens (tertiary/aromatic N) is 5. The fourth-order valence-electron chi connectivity index (χ4n) is 7.56. The maximum atomic E-state index is 16.8. The molecule has 0 saturated carbocycles. The van der Waals surface area contributed by atoms with Crippen LogP contribution >= 0.6 is 11.6 Å². The Morgan fingerprint density at radius 1 is 1.09 bits per heavy atom. The second kappa shape index (κ2) is 12.9. The Morgan fingerprint density at radius 2 is 1.79 bits per heavy atom. The molecule has 3 aliphatic heterocycles. The molecular formula is C36H39ClFN5O4. The summed E-state index contributed by atoms with van der Waals surface area (Å²) < 4.78 is 28.2. The molecule has 1 amide bonds. The highest BCUT2D eigenvalue weighted by atomic mass is 35.5. The van der Waals surface area contributed by atoms with Gasteiger partial charge in [0.15, 0.2) is 11.9 Å². The van der Waals surface area contributed by atoms with Crippen molar-refractivity contribution in [2.24, 2.45) is 11.8 Å². The van der Waals surface area contributed by atoms with Gasteiger partial charge in [-0.3, -0.25) is 14.6 Å². The Labute approximate surface area is 278 Å². The topological polar surface area (TPSA) is 97.8 Å². The minimum absolute atomic E-state index is 0.0875. The molecule has 3 aliphatic rings. The van der Waals surface area contributed by atoms with E-state index in [1.807, 2.05) is 35.2 Å². The molecule has 0 unspecified atom stereocenters. The Hall–Kier alpha value is -4.05. The maximum Gasteiger partial charge on any atom is 0.319 e. The van der Waals surface area contributed by atoms with E-state index in [0.29, 0.717) is 47.4 Å². The number of cyclic esters (lactones) is 1. The van der Waals surface area contributed by atoms with Gasteiger partial charge in [0.05, 0.1) is 12.0 Å². The van der Waals surface area contributed by atoms with Gasteiger partial charge in [-0.25, -0.2) is 4.39 Å². The molecule has 0 spiro atoms. The lowest BCUT2D eigenvalue weighted by Gasteiger charge is -2.44. The number of ether oxygens (including phenoxy) is 2. The number of hydrogen-bond donors (Lipinski definition) is 0. The molecule has 2 bridgehead atoms. The van der Waals surface area contributed by atoms with Gasteiger partial charge in [-0.05, 0) is 50.0 Å². The van der Waals surface area contributed by atoms with Crippen LogP contribution in [0.3, 0.4) is 0 Å². The summed E-state index contributed by atoms with van der Waals surface area (Å²) in [7, 11) is 0. The summed E-state index contributed by atoms with van der Waals surface area (Å²) in [6.07, 6.45) is 6.68. The highest BCUT2D eigenvalue weighted by Gasteiger charge is 2.51. The summed E-state index contributed by atoms with van der Waals surface area (Å²) in [6, 6.07) is 11.2. The molecule has 0 aliphatic carbocycles. The van der Waals surface area contributed by atoms with E-state index in [1.54, 1.807) is 19.2 Å². The summed E-state index contributed by atoms with van der Waals surface area (Å²) in [4.78, 5) is 43.3. The number of aromatic nitrogens is 3. The number of rotatable bonds is 10. The number of halogens is 2. The van der Waals surface area contributed by atoms with E-state index in [-0.39, 0.29) is 41.2 Å². The average molecular weight is 660 g/mol. The van der Waals surface area contributed by atoms with E-state index < -0.39 is 17.8 Å². The Kier molecular flexibility index (Phi) is 8.63. The van der Waals surface area contributed by atoms with Crippen LogP contribution in [0.2, 0.25) is 5.02 Å². The highest BCUT2D eigenvalue weighted by Crippen LogP contribution is 2.40. The van der Waals surface area contributed by atoms with Crippen LogP contribution in [-0.2, 0) is 14.3 Å². The number of hydrogen-bond acceptors (Lipinski definition) is 8. The number of anilines is 1. The van der Waals surface area contributed by atoms with Crippen molar-refractivity contribution in [2.75, 3.05) is 24.6 Å². The number of esters is 1. The molecule has 246 valence electrons. The lowest BCUT2D eigenvalue weighted by atomic mass is 9.97. The number of carbonyl (C=O) groups excluding carboxylic acids is 2. The number of benzene rings is 2. The van der Waals surface area contributed by atoms with Gasteiger partial charge in [0.2, 0.25) is 0 Å². The molecule has 0 N–H and O–H groups in total. The molecule has 4 aromatic rings. The van der Waals surface area contributed by atoms with Gasteiger partial charge in [-0.1, -0.05) is 68.6 Å². The molecule has 4 atom stereocenters. The second-order valence-electron chi connectivity index (χ2n) is 13.1. The molecule has 5 heterocycles. The van der Waals surface area contributed by atoms with Gasteiger partial charge in [0.1, 0.15) is 22.9 Å². The molecule has 47 heavy (non-hydrogen) atoms. The first-order valence-electron chi connectivity index (χ1n) is 16.7. The minimum Gasteiger partial charge on any atom is -0.463 e. The van der Waals surface area contributed by atoms with E-state index in [1.165, 1.54) is 0 Å². The van der Waals surface area contributed by atoms with E-state index in [4.69, 9.17) is 26.1 Å². The molecule has 11 heteroatoms. The third-order valence-corrected chi connectivity index (χ3v) is 10.3.